The standard InChI is InChI=1S/C47H60N6O9S/c1-28(30-18-20-31(21-19-30)40-29(2)48-27-63-40)49-43(58)35-25-32(54)26-52(35)46(61)41(47(3,4)5)50-37(55)17-12-10-8-6-7-9-11-13-24-62-36-16-14-15-33-39(36)45(60)53(44(33)59)34-22-23-38(56)51-42(34)57/h14-16,18-21,27-28,32,34-35,41,54H,6-13,17,22-26H2,1-5H3,(H,49,58)(H,50,55)(H,51,56,57)/t28?,32-,34?,35+,41?/m1/s1. The molecule has 0 spiro atoms. The van der Waals surface area contributed by atoms with Gasteiger partial charge in [-0.1, -0.05) is 89.6 Å². The van der Waals surface area contributed by atoms with Crippen molar-refractivity contribution in [3.8, 4) is 16.2 Å². The van der Waals surface area contributed by atoms with Crippen LogP contribution in [0, 0.1) is 12.3 Å². The summed E-state index contributed by atoms with van der Waals surface area (Å²) in [5.74, 6) is -2.91. The first-order valence-electron chi connectivity index (χ1n) is 22.1. The van der Waals surface area contributed by atoms with Gasteiger partial charge in [0.05, 0.1) is 46.0 Å². The Morgan fingerprint density at radius 1 is 0.937 bits per heavy atom. The number of β-amino-alcohol motifs (C(OH)–C–C–N with tert-alkyl or cyclic N) is 1. The number of nitrogens with zero attached hydrogens (tertiary/aromatic N) is 3. The number of nitrogens with one attached hydrogen (secondary N) is 3. The van der Waals surface area contributed by atoms with Gasteiger partial charge in [-0.25, -0.2) is 4.98 Å². The van der Waals surface area contributed by atoms with Crippen molar-refractivity contribution in [1.29, 1.82) is 0 Å². The minimum Gasteiger partial charge on any atom is -0.493 e. The number of rotatable bonds is 19. The second kappa shape index (κ2) is 20.8. The minimum absolute atomic E-state index is 0.00862. The molecule has 16 heteroatoms. The molecule has 338 valence electrons. The predicted molar refractivity (Wildman–Crippen MR) is 237 cm³/mol. The third-order valence-electron chi connectivity index (χ3n) is 12.0. The highest BCUT2D eigenvalue weighted by atomic mass is 32.1. The minimum atomic E-state index is -1.03. The van der Waals surface area contributed by atoms with E-state index in [0.29, 0.717) is 18.8 Å². The summed E-state index contributed by atoms with van der Waals surface area (Å²) in [6.07, 6.45) is 6.81. The number of aryl methyl sites for hydroxylation is 1. The smallest absolute Gasteiger partial charge is 0.266 e. The zero-order valence-electron chi connectivity index (χ0n) is 36.9. The Morgan fingerprint density at radius 3 is 2.27 bits per heavy atom. The lowest BCUT2D eigenvalue weighted by molar-refractivity contribution is -0.144. The van der Waals surface area contributed by atoms with Crippen LogP contribution in [0.4, 0.5) is 0 Å². The van der Waals surface area contributed by atoms with Crippen LogP contribution >= 0.6 is 11.3 Å². The number of benzene rings is 2. The summed E-state index contributed by atoms with van der Waals surface area (Å²) in [6.45, 7) is 9.84. The lowest BCUT2D eigenvalue weighted by Gasteiger charge is -2.35. The Morgan fingerprint density at radius 2 is 1.62 bits per heavy atom. The van der Waals surface area contributed by atoms with E-state index >= 15 is 0 Å². The van der Waals surface area contributed by atoms with E-state index in [1.54, 1.807) is 29.5 Å². The average molecular weight is 885 g/mol. The van der Waals surface area contributed by atoms with E-state index in [4.69, 9.17) is 4.74 Å². The molecule has 3 aromatic rings. The molecule has 2 fully saturated rings. The van der Waals surface area contributed by atoms with Crippen LogP contribution in [0.3, 0.4) is 0 Å². The summed E-state index contributed by atoms with van der Waals surface area (Å²) in [7, 11) is 0. The first-order valence-corrected chi connectivity index (χ1v) is 23.0. The third-order valence-corrected chi connectivity index (χ3v) is 13.0. The number of aliphatic hydroxyl groups is 1. The predicted octanol–water partition coefficient (Wildman–Crippen LogP) is 5.78. The molecule has 3 aliphatic heterocycles. The number of amides is 7. The quantitative estimate of drug-likeness (QED) is 0.0844. The first kappa shape index (κ1) is 47.0. The van der Waals surface area contributed by atoms with Gasteiger partial charge in [-0.3, -0.25) is 43.8 Å². The summed E-state index contributed by atoms with van der Waals surface area (Å²) in [4.78, 5) is 98.9. The van der Waals surface area contributed by atoms with Crippen molar-refractivity contribution < 1.29 is 43.4 Å². The fourth-order valence-electron chi connectivity index (χ4n) is 8.48. The van der Waals surface area contributed by atoms with Crippen LogP contribution in [-0.2, 0) is 24.0 Å². The number of hydrogen-bond acceptors (Lipinski definition) is 11. The van der Waals surface area contributed by atoms with E-state index in [1.165, 1.54) is 4.90 Å². The molecule has 2 saturated heterocycles. The largest absolute Gasteiger partial charge is 0.493 e. The Labute approximate surface area is 372 Å². The fourth-order valence-corrected chi connectivity index (χ4v) is 9.29. The summed E-state index contributed by atoms with van der Waals surface area (Å²) in [5, 5.41) is 18.8. The molecule has 6 rings (SSSR count). The molecular formula is C47H60N6O9S. The van der Waals surface area contributed by atoms with Crippen LogP contribution in [0.1, 0.15) is 143 Å². The Kier molecular flexibility index (Phi) is 15.5. The summed E-state index contributed by atoms with van der Waals surface area (Å²) >= 11 is 1.57. The summed E-state index contributed by atoms with van der Waals surface area (Å²) in [6, 6.07) is 9.65. The Hall–Kier alpha value is -5.48. The number of unbranched alkanes of at least 4 members (excludes halogenated alkanes) is 7. The number of thiazole rings is 1. The van der Waals surface area contributed by atoms with Gasteiger partial charge >= 0.3 is 0 Å². The highest BCUT2D eigenvalue weighted by Crippen LogP contribution is 2.34. The number of carbonyl (C=O) groups is 7. The zero-order valence-corrected chi connectivity index (χ0v) is 37.7. The van der Waals surface area contributed by atoms with Gasteiger partial charge in [0.15, 0.2) is 0 Å². The molecule has 1 aromatic heterocycles. The monoisotopic (exact) mass is 884 g/mol. The summed E-state index contributed by atoms with van der Waals surface area (Å²) in [5.41, 5.74) is 4.43. The van der Waals surface area contributed by atoms with E-state index < -0.39 is 53.3 Å². The molecule has 0 aliphatic carbocycles. The summed E-state index contributed by atoms with van der Waals surface area (Å²) < 4.78 is 5.94. The van der Waals surface area contributed by atoms with Crippen molar-refractivity contribution in [3.05, 3.63) is 70.4 Å². The van der Waals surface area contributed by atoms with Gasteiger partial charge in [0.25, 0.3) is 11.8 Å². The molecule has 63 heavy (non-hydrogen) atoms. The SMILES string of the molecule is Cc1ncsc1-c1ccc(C(C)NC(=O)[C@@H]2C[C@@H](O)CN2C(=O)C(NC(=O)CCCCCCCCCCOc2cccc3c2C(=O)N(C2CCC(=O)NC2=O)C3=O)C(C)(C)C)cc1. The van der Waals surface area contributed by atoms with Crippen molar-refractivity contribution in [1.82, 2.24) is 30.7 Å². The van der Waals surface area contributed by atoms with Crippen molar-refractivity contribution in [2.45, 2.75) is 142 Å². The molecule has 0 bridgehead atoms. The molecule has 2 aromatic carbocycles. The van der Waals surface area contributed by atoms with Crippen LogP contribution in [0.2, 0.25) is 0 Å². The van der Waals surface area contributed by atoms with Crippen LogP contribution < -0.4 is 20.7 Å². The van der Waals surface area contributed by atoms with Crippen molar-refractivity contribution >= 4 is 52.7 Å². The van der Waals surface area contributed by atoms with Gasteiger partial charge in [0, 0.05) is 25.8 Å². The fraction of sp³-hybridized carbons (Fsp3) is 0.532. The van der Waals surface area contributed by atoms with Crippen molar-refractivity contribution in [2.24, 2.45) is 5.41 Å². The number of aromatic nitrogens is 1. The van der Waals surface area contributed by atoms with E-state index in [0.717, 1.165) is 71.5 Å². The number of ether oxygens (including phenoxy) is 1. The number of likely N-dealkylation sites (tertiary alicyclic amines) is 1. The topological polar surface area (TPSA) is 204 Å². The normalized spacial score (nSPS) is 19.7. The van der Waals surface area contributed by atoms with Gasteiger partial charge in [0.2, 0.25) is 29.5 Å². The van der Waals surface area contributed by atoms with E-state index in [-0.39, 0.29) is 67.1 Å². The second-order valence-corrected chi connectivity index (χ2v) is 18.8. The van der Waals surface area contributed by atoms with Gasteiger partial charge in [-0.15, -0.1) is 11.3 Å². The second-order valence-electron chi connectivity index (χ2n) is 17.9. The number of fused-ring (bicyclic) bond motifs is 1. The molecule has 4 heterocycles. The van der Waals surface area contributed by atoms with Crippen LogP contribution in [0.25, 0.3) is 10.4 Å². The van der Waals surface area contributed by atoms with E-state index in [9.17, 15) is 38.7 Å². The maximum atomic E-state index is 14.1. The Balaban J connectivity index is 0.878. The van der Waals surface area contributed by atoms with Crippen molar-refractivity contribution in [2.75, 3.05) is 13.2 Å². The molecule has 0 saturated carbocycles. The molecule has 5 atom stereocenters. The van der Waals surface area contributed by atoms with Crippen LogP contribution in [0.15, 0.2) is 48.0 Å². The number of hydrogen-bond donors (Lipinski definition) is 4. The molecule has 3 unspecified atom stereocenters. The van der Waals surface area contributed by atoms with Crippen LogP contribution in [-0.4, -0.2) is 98.6 Å². The van der Waals surface area contributed by atoms with Gasteiger partial charge in [0.1, 0.15) is 23.9 Å². The number of aliphatic hydroxyl groups excluding tert-OH is 1. The highest BCUT2D eigenvalue weighted by molar-refractivity contribution is 7.13. The maximum Gasteiger partial charge on any atom is 0.266 e. The number of imide groups is 2. The zero-order chi connectivity index (χ0) is 45.4. The van der Waals surface area contributed by atoms with Gasteiger partial charge in [-0.2, -0.15) is 0 Å². The molecule has 15 nitrogen and oxygen atoms in total. The van der Waals surface area contributed by atoms with Gasteiger partial charge < -0.3 is 25.4 Å². The number of carbonyl (C=O) groups excluding carboxylic acids is 7. The maximum absolute atomic E-state index is 14.1. The average Bonchev–Trinajstić information content (AvgIpc) is 3.93. The van der Waals surface area contributed by atoms with Crippen LogP contribution in [0.5, 0.6) is 5.75 Å². The molecule has 3 aliphatic rings. The third kappa shape index (κ3) is 11.4. The van der Waals surface area contributed by atoms with E-state index in [2.05, 4.69) is 20.9 Å². The van der Waals surface area contributed by atoms with Crippen molar-refractivity contribution in [3.63, 3.8) is 0 Å². The molecule has 0 radical (unpaired) electrons. The number of piperidine rings is 1. The van der Waals surface area contributed by atoms with Gasteiger partial charge in [-0.05, 0) is 61.8 Å². The molecular weight excluding hydrogens is 825 g/mol. The van der Waals surface area contributed by atoms with E-state index in [1.807, 2.05) is 64.4 Å². The molecule has 4 N–H and O–H groups in total. The lowest BCUT2D eigenvalue weighted by atomic mass is 9.85. The highest BCUT2D eigenvalue weighted by Gasteiger charge is 2.47. The first-order chi connectivity index (χ1) is 30.0. The Bertz CT molecular complexity index is 2180. The molecule has 7 amide bonds. The lowest BCUT2D eigenvalue weighted by Crippen LogP contribution is -2.57.